The Bertz CT molecular complexity index is 661. The van der Waals surface area contributed by atoms with Crippen LogP contribution < -0.4 is 9.47 Å². The Morgan fingerprint density at radius 3 is 2.78 bits per heavy atom. The minimum absolute atomic E-state index is 0.0326. The van der Waals surface area contributed by atoms with E-state index < -0.39 is 5.82 Å². The van der Waals surface area contributed by atoms with Crippen LogP contribution in [0.1, 0.15) is 5.56 Å². The van der Waals surface area contributed by atoms with E-state index in [1.807, 2.05) is 6.07 Å². The van der Waals surface area contributed by atoms with Crippen molar-refractivity contribution in [2.24, 2.45) is 0 Å². The van der Waals surface area contributed by atoms with Gasteiger partial charge >= 0.3 is 0 Å². The molecule has 2 aromatic rings. The summed E-state index contributed by atoms with van der Waals surface area (Å²) in [5, 5.41) is 8.81. The van der Waals surface area contributed by atoms with E-state index >= 15 is 0 Å². The molecule has 0 aromatic heterocycles. The molecule has 0 atom stereocenters. The Labute approximate surface area is 103 Å². The first-order valence-corrected chi connectivity index (χ1v) is 5.38. The molecule has 18 heavy (non-hydrogen) atoms. The Balaban J connectivity index is 2.13. The van der Waals surface area contributed by atoms with Crippen LogP contribution in [0.3, 0.4) is 0 Å². The molecule has 0 radical (unpaired) electrons. The molecule has 3 rings (SSSR count). The first kappa shape index (κ1) is 10.6. The second kappa shape index (κ2) is 4.04. The summed E-state index contributed by atoms with van der Waals surface area (Å²) in [6, 6.07) is 11.7. The van der Waals surface area contributed by atoms with Crippen molar-refractivity contribution in [3.05, 3.63) is 47.8 Å². The second-order valence-electron chi connectivity index (χ2n) is 3.85. The summed E-state index contributed by atoms with van der Waals surface area (Å²) in [7, 11) is 0. The molecule has 0 saturated heterocycles. The Kier molecular flexibility index (Phi) is 2.38. The van der Waals surface area contributed by atoms with Crippen molar-refractivity contribution in [3.8, 4) is 28.7 Å². The molecular formula is C14H8FNO2. The largest absolute Gasteiger partial charge is 0.454 e. The van der Waals surface area contributed by atoms with Crippen molar-refractivity contribution in [2.75, 3.05) is 6.79 Å². The molecule has 0 amide bonds. The van der Waals surface area contributed by atoms with Crippen molar-refractivity contribution < 1.29 is 13.9 Å². The fraction of sp³-hybridized carbons (Fsp3) is 0.0714. The van der Waals surface area contributed by atoms with Crippen LogP contribution in [0.15, 0.2) is 36.4 Å². The van der Waals surface area contributed by atoms with Crippen LogP contribution in [0.5, 0.6) is 11.5 Å². The van der Waals surface area contributed by atoms with Gasteiger partial charge in [0, 0.05) is 5.56 Å². The third-order valence-electron chi connectivity index (χ3n) is 2.80. The Morgan fingerprint density at radius 2 is 1.94 bits per heavy atom. The normalized spacial score (nSPS) is 12.2. The fourth-order valence-electron chi connectivity index (χ4n) is 1.91. The maximum atomic E-state index is 14.0. The first-order valence-electron chi connectivity index (χ1n) is 5.38. The average Bonchev–Trinajstić information content (AvgIpc) is 2.86. The highest BCUT2D eigenvalue weighted by atomic mass is 19.1. The summed E-state index contributed by atoms with van der Waals surface area (Å²) in [4.78, 5) is 0. The number of ether oxygens (including phenoxy) is 2. The molecule has 88 valence electrons. The van der Waals surface area contributed by atoms with Gasteiger partial charge in [0.2, 0.25) is 6.79 Å². The number of hydrogen-bond acceptors (Lipinski definition) is 3. The van der Waals surface area contributed by atoms with E-state index in [4.69, 9.17) is 14.7 Å². The molecular weight excluding hydrogens is 233 g/mol. The molecule has 0 fully saturated rings. The minimum Gasteiger partial charge on any atom is -0.454 e. The Morgan fingerprint density at radius 1 is 1.11 bits per heavy atom. The molecule has 0 spiro atoms. The molecule has 0 N–H and O–H groups in total. The molecule has 0 aliphatic carbocycles. The Hall–Kier alpha value is -2.54. The zero-order chi connectivity index (χ0) is 12.5. The van der Waals surface area contributed by atoms with Gasteiger partial charge in [0.05, 0.1) is 5.56 Å². The molecule has 0 saturated carbocycles. The summed E-state index contributed by atoms with van der Waals surface area (Å²) in [6.07, 6.45) is 0. The summed E-state index contributed by atoms with van der Waals surface area (Å²) < 4.78 is 24.5. The minimum atomic E-state index is -0.515. The SMILES string of the molecule is N#Cc1cccc(-c2ccc3c(c2)OCO3)c1F. The fourth-order valence-corrected chi connectivity index (χ4v) is 1.91. The van der Waals surface area contributed by atoms with Crippen molar-refractivity contribution in [1.29, 1.82) is 5.26 Å². The molecule has 3 nitrogen and oxygen atoms in total. The molecule has 1 aliphatic heterocycles. The van der Waals surface area contributed by atoms with Crippen LogP contribution in [0.4, 0.5) is 4.39 Å². The number of halogens is 1. The zero-order valence-corrected chi connectivity index (χ0v) is 9.31. The lowest BCUT2D eigenvalue weighted by Crippen LogP contribution is -1.93. The van der Waals surface area contributed by atoms with E-state index in [1.165, 1.54) is 6.07 Å². The highest BCUT2D eigenvalue weighted by molar-refractivity contribution is 5.69. The van der Waals surface area contributed by atoms with Crippen molar-refractivity contribution >= 4 is 0 Å². The van der Waals surface area contributed by atoms with Crippen molar-refractivity contribution in [1.82, 2.24) is 0 Å². The predicted octanol–water partition coefficient (Wildman–Crippen LogP) is 3.09. The molecule has 0 unspecified atom stereocenters. The van der Waals surface area contributed by atoms with Crippen LogP contribution in [0.2, 0.25) is 0 Å². The third kappa shape index (κ3) is 1.57. The standard InChI is InChI=1S/C14H8FNO2/c15-14-10(7-16)2-1-3-11(14)9-4-5-12-13(6-9)18-8-17-12/h1-6H,8H2. The van der Waals surface area contributed by atoms with E-state index in [1.54, 1.807) is 30.3 Å². The van der Waals surface area contributed by atoms with Crippen LogP contribution in [-0.2, 0) is 0 Å². The number of fused-ring (bicyclic) bond motifs is 1. The number of hydrogen-bond donors (Lipinski definition) is 0. The lowest BCUT2D eigenvalue weighted by molar-refractivity contribution is 0.174. The smallest absolute Gasteiger partial charge is 0.231 e. The topological polar surface area (TPSA) is 42.2 Å². The number of rotatable bonds is 1. The van der Waals surface area contributed by atoms with Crippen LogP contribution in [0, 0.1) is 17.1 Å². The summed E-state index contributed by atoms with van der Waals surface area (Å²) >= 11 is 0. The van der Waals surface area contributed by atoms with E-state index in [0.29, 0.717) is 22.6 Å². The van der Waals surface area contributed by atoms with Gasteiger partial charge in [0.25, 0.3) is 0 Å². The van der Waals surface area contributed by atoms with Gasteiger partial charge in [0.15, 0.2) is 11.5 Å². The molecule has 1 heterocycles. The maximum absolute atomic E-state index is 14.0. The van der Waals surface area contributed by atoms with Gasteiger partial charge in [-0.1, -0.05) is 18.2 Å². The van der Waals surface area contributed by atoms with Crippen LogP contribution in [0.25, 0.3) is 11.1 Å². The molecule has 2 aromatic carbocycles. The summed E-state index contributed by atoms with van der Waals surface area (Å²) in [6.45, 7) is 0.180. The third-order valence-corrected chi connectivity index (χ3v) is 2.80. The van der Waals surface area contributed by atoms with Gasteiger partial charge in [-0.25, -0.2) is 4.39 Å². The first-order chi connectivity index (χ1) is 8.79. The quantitative estimate of drug-likeness (QED) is 0.770. The van der Waals surface area contributed by atoms with Gasteiger partial charge in [-0.15, -0.1) is 0 Å². The van der Waals surface area contributed by atoms with Gasteiger partial charge in [0.1, 0.15) is 11.9 Å². The molecule has 4 heteroatoms. The number of nitriles is 1. The summed E-state index contributed by atoms with van der Waals surface area (Å²) in [5.41, 5.74) is 1.08. The van der Waals surface area contributed by atoms with Gasteiger partial charge < -0.3 is 9.47 Å². The highest BCUT2D eigenvalue weighted by Gasteiger charge is 2.16. The van der Waals surface area contributed by atoms with Gasteiger partial charge in [-0.2, -0.15) is 5.26 Å². The predicted molar refractivity (Wildman–Crippen MR) is 62.7 cm³/mol. The van der Waals surface area contributed by atoms with Crippen LogP contribution in [-0.4, -0.2) is 6.79 Å². The second-order valence-corrected chi connectivity index (χ2v) is 3.85. The number of benzene rings is 2. The highest BCUT2D eigenvalue weighted by Crippen LogP contribution is 2.36. The van der Waals surface area contributed by atoms with E-state index in [-0.39, 0.29) is 12.4 Å². The van der Waals surface area contributed by atoms with E-state index in [9.17, 15) is 4.39 Å². The average molecular weight is 241 g/mol. The van der Waals surface area contributed by atoms with Crippen molar-refractivity contribution in [2.45, 2.75) is 0 Å². The summed E-state index contributed by atoms with van der Waals surface area (Å²) in [5.74, 6) is 0.726. The van der Waals surface area contributed by atoms with Crippen LogP contribution >= 0.6 is 0 Å². The van der Waals surface area contributed by atoms with Gasteiger partial charge in [-0.3, -0.25) is 0 Å². The molecule has 1 aliphatic rings. The van der Waals surface area contributed by atoms with E-state index in [2.05, 4.69) is 0 Å². The zero-order valence-electron chi connectivity index (χ0n) is 9.31. The molecule has 0 bridgehead atoms. The van der Waals surface area contributed by atoms with E-state index in [0.717, 1.165) is 0 Å². The lowest BCUT2D eigenvalue weighted by Gasteiger charge is -2.05. The van der Waals surface area contributed by atoms with Gasteiger partial charge in [-0.05, 0) is 23.8 Å². The maximum Gasteiger partial charge on any atom is 0.231 e. The lowest BCUT2D eigenvalue weighted by atomic mass is 10.0. The number of nitrogens with zero attached hydrogens (tertiary/aromatic N) is 1. The van der Waals surface area contributed by atoms with Crippen molar-refractivity contribution in [3.63, 3.8) is 0 Å². The monoisotopic (exact) mass is 241 g/mol.